The molecule has 0 aliphatic heterocycles. The highest BCUT2D eigenvalue weighted by Crippen LogP contribution is 2.10. The number of imidazole rings is 1. The molecule has 1 aromatic rings. The summed E-state index contributed by atoms with van der Waals surface area (Å²) in [4.78, 5) is 3.51. The van der Waals surface area contributed by atoms with Gasteiger partial charge in [0.05, 0.1) is 0 Å². The quantitative estimate of drug-likeness (QED) is 0.712. The van der Waals surface area contributed by atoms with E-state index in [0.717, 1.165) is 16.7 Å². The van der Waals surface area contributed by atoms with Gasteiger partial charge in [-0.15, -0.1) is 0 Å². The van der Waals surface area contributed by atoms with Gasteiger partial charge in [0.2, 0.25) is 0 Å². The van der Waals surface area contributed by atoms with Crippen LogP contribution in [-0.2, 0) is 20.2 Å². The van der Waals surface area contributed by atoms with Gasteiger partial charge in [-0.2, -0.15) is 12.7 Å². The zero-order chi connectivity index (χ0) is 12.6. The molecule has 1 heterocycles. The van der Waals surface area contributed by atoms with Crippen LogP contribution in [0.25, 0.3) is 0 Å². The van der Waals surface area contributed by atoms with Crippen molar-refractivity contribution >= 4 is 20.2 Å². The highest BCUT2D eigenvalue weighted by atomic mass is 32.2. The van der Waals surface area contributed by atoms with Gasteiger partial charge in [0.25, 0.3) is 15.2 Å². The van der Waals surface area contributed by atoms with Gasteiger partial charge in [-0.05, 0) is 7.05 Å². The van der Waals surface area contributed by atoms with E-state index >= 15 is 0 Å². The molecule has 0 amide bonds. The molecule has 0 aliphatic carbocycles. The first-order valence-electron chi connectivity index (χ1n) is 4.13. The first-order chi connectivity index (χ1) is 7.23. The highest BCUT2D eigenvalue weighted by molar-refractivity contribution is 7.91. The SMILES string of the molecule is CNS(=O)(=O)c1nccn1S(=O)(=O)N(C)C. The molecule has 1 rings (SSSR count). The zero-order valence-corrected chi connectivity index (χ0v) is 10.6. The maximum absolute atomic E-state index is 11.7. The average Bonchev–Trinajstić information content (AvgIpc) is 2.66. The molecule has 1 N–H and O–H groups in total. The Hall–Kier alpha value is -0.970. The fourth-order valence-corrected chi connectivity index (χ4v) is 2.97. The monoisotopic (exact) mass is 268 g/mol. The fraction of sp³-hybridized carbons (Fsp3) is 0.500. The van der Waals surface area contributed by atoms with Crippen LogP contribution < -0.4 is 4.72 Å². The minimum absolute atomic E-state index is 0.566. The summed E-state index contributed by atoms with van der Waals surface area (Å²) in [5.41, 5.74) is 0. The third-order valence-electron chi connectivity index (χ3n) is 1.79. The van der Waals surface area contributed by atoms with E-state index in [1.54, 1.807) is 0 Å². The molecule has 0 radical (unpaired) electrons. The molecule has 92 valence electrons. The normalized spacial score (nSPS) is 13.2. The molecule has 0 atom stereocenters. The Kier molecular flexibility index (Phi) is 3.38. The molecular weight excluding hydrogens is 256 g/mol. The van der Waals surface area contributed by atoms with E-state index in [-0.39, 0.29) is 0 Å². The standard InChI is InChI=1S/C6H12N4O4S2/c1-7-15(11,12)6-8-4-5-10(6)16(13,14)9(2)3/h4-5,7H,1-3H3. The van der Waals surface area contributed by atoms with Crippen LogP contribution in [0.4, 0.5) is 0 Å². The van der Waals surface area contributed by atoms with Crippen molar-refractivity contribution < 1.29 is 16.8 Å². The number of rotatable bonds is 4. The lowest BCUT2D eigenvalue weighted by Crippen LogP contribution is -2.32. The van der Waals surface area contributed by atoms with Crippen LogP contribution in [0.1, 0.15) is 0 Å². The second-order valence-corrected chi connectivity index (χ2v) is 6.80. The first kappa shape index (κ1) is 13.1. The Balaban J connectivity index is 3.47. The third-order valence-corrected chi connectivity index (χ3v) is 4.95. The molecule has 1 aromatic heterocycles. The summed E-state index contributed by atoms with van der Waals surface area (Å²) in [6, 6.07) is 0. The first-order valence-corrected chi connectivity index (χ1v) is 7.01. The topological polar surface area (TPSA) is 101 Å². The van der Waals surface area contributed by atoms with E-state index in [1.165, 1.54) is 21.1 Å². The van der Waals surface area contributed by atoms with Crippen molar-refractivity contribution in [2.75, 3.05) is 21.1 Å². The lowest BCUT2D eigenvalue weighted by molar-refractivity contribution is 0.502. The van der Waals surface area contributed by atoms with Crippen LogP contribution in [0.5, 0.6) is 0 Å². The molecular formula is C6H12N4O4S2. The Labute approximate surface area is 94.1 Å². The number of sulfonamides is 1. The summed E-state index contributed by atoms with van der Waals surface area (Å²) >= 11 is 0. The van der Waals surface area contributed by atoms with Crippen LogP contribution in [0.2, 0.25) is 0 Å². The number of nitrogens with one attached hydrogen (secondary N) is 1. The molecule has 8 nitrogen and oxygen atoms in total. The Bertz CT molecular complexity index is 571. The van der Waals surface area contributed by atoms with Crippen LogP contribution in [0.3, 0.4) is 0 Å². The van der Waals surface area contributed by atoms with E-state index in [2.05, 4.69) is 4.98 Å². The van der Waals surface area contributed by atoms with Gasteiger partial charge >= 0.3 is 10.2 Å². The summed E-state index contributed by atoms with van der Waals surface area (Å²) in [5, 5.41) is -0.566. The molecule has 10 heteroatoms. The Morgan fingerprint density at radius 2 is 1.88 bits per heavy atom. The van der Waals surface area contributed by atoms with Crippen molar-refractivity contribution in [2.45, 2.75) is 5.16 Å². The summed E-state index contributed by atoms with van der Waals surface area (Å²) in [7, 11) is -4.02. The van der Waals surface area contributed by atoms with E-state index in [0.29, 0.717) is 3.97 Å². The van der Waals surface area contributed by atoms with E-state index < -0.39 is 25.4 Å². The van der Waals surface area contributed by atoms with Gasteiger partial charge in [-0.25, -0.2) is 22.1 Å². The largest absolute Gasteiger partial charge is 0.309 e. The predicted octanol–water partition coefficient (Wildman–Crippen LogP) is -1.55. The molecule has 0 spiro atoms. The number of aromatic nitrogens is 2. The molecule has 0 aromatic carbocycles. The Morgan fingerprint density at radius 1 is 1.31 bits per heavy atom. The van der Waals surface area contributed by atoms with Gasteiger partial charge < -0.3 is 0 Å². The highest BCUT2D eigenvalue weighted by Gasteiger charge is 2.26. The summed E-state index contributed by atoms with van der Waals surface area (Å²) < 4.78 is 49.9. The van der Waals surface area contributed by atoms with Gasteiger partial charge in [0, 0.05) is 26.5 Å². The molecule has 0 saturated carbocycles. The summed E-state index contributed by atoms with van der Waals surface area (Å²) in [6.45, 7) is 0. The van der Waals surface area contributed by atoms with Crippen molar-refractivity contribution in [1.82, 2.24) is 18.0 Å². The molecule has 0 unspecified atom stereocenters. The van der Waals surface area contributed by atoms with Crippen LogP contribution >= 0.6 is 0 Å². The minimum Gasteiger partial charge on any atom is -0.225 e. The average molecular weight is 268 g/mol. The summed E-state index contributed by atoms with van der Waals surface area (Å²) in [5.74, 6) is 0. The molecule has 0 saturated heterocycles. The zero-order valence-electron chi connectivity index (χ0n) is 8.95. The molecule has 0 bridgehead atoms. The van der Waals surface area contributed by atoms with Crippen molar-refractivity contribution in [3.63, 3.8) is 0 Å². The molecule has 0 fully saturated rings. The van der Waals surface area contributed by atoms with E-state index in [9.17, 15) is 16.8 Å². The van der Waals surface area contributed by atoms with Crippen molar-refractivity contribution in [3.05, 3.63) is 12.4 Å². The van der Waals surface area contributed by atoms with Gasteiger partial charge in [0.1, 0.15) is 0 Å². The maximum Gasteiger partial charge on any atom is 0.309 e. The number of nitrogens with zero attached hydrogens (tertiary/aromatic N) is 3. The molecule has 16 heavy (non-hydrogen) atoms. The summed E-state index contributed by atoms with van der Waals surface area (Å²) in [6.07, 6.45) is 2.17. The fourth-order valence-electron chi connectivity index (χ4n) is 0.909. The minimum atomic E-state index is -3.91. The Morgan fingerprint density at radius 3 is 2.31 bits per heavy atom. The lowest BCUT2D eigenvalue weighted by Gasteiger charge is -2.13. The second kappa shape index (κ2) is 4.13. The van der Waals surface area contributed by atoms with Crippen molar-refractivity contribution in [3.8, 4) is 0 Å². The van der Waals surface area contributed by atoms with Crippen LogP contribution in [0.15, 0.2) is 17.6 Å². The maximum atomic E-state index is 11.7. The smallest absolute Gasteiger partial charge is 0.225 e. The third kappa shape index (κ3) is 2.09. The number of hydrogen-bond donors (Lipinski definition) is 1. The van der Waals surface area contributed by atoms with Crippen molar-refractivity contribution in [2.24, 2.45) is 0 Å². The van der Waals surface area contributed by atoms with Gasteiger partial charge in [-0.1, -0.05) is 0 Å². The van der Waals surface area contributed by atoms with E-state index in [4.69, 9.17) is 0 Å². The van der Waals surface area contributed by atoms with Gasteiger partial charge in [-0.3, -0.25) is 0 Å². The van der Waals surface area contributed by atoms with Crippen LogP contribution in [0, 0.1) is 0 Å². The van der Waals surface area contributed by atoms with Crippen molar-refractivity contribution in [1.29, 1.82) is 0 Å². The van der Waals surface area contributed by atoms with Gasteiger partial charge in [0.15, 0.2) is 0 Å². The van der Waals surface area contributed by atoms with E-state index in [1.807, 2.05) is 4.72 Å². The second-order valence-electron chi connectivity index (χ2n) is 3.00. The van der Waals surface area contributed by atoms with Crippen LogP contribution in [-0.4, -0.2) is 51.2 Å². The number of hydrogen-bond acceptors (Lipinski definition) is 5. The lowest BCUT2D eigenvalue weighted by atomic mass is 11.0. The molecule has 0 aliphatic rings. The predicted molar refractivity (Wildman–Crippen MR) is 56.5 cm³/mol.